The molecule has 1 aliphatic heterocycles. The summed E-state index contributed by atoms with van der Waals surface area (Å²) in [4.78, 5) is 5.05. The molecule has 0 fully saturated rings. The van der Waals surface area contributed by atoms with Gasteiger partial charge in [-0.3, -0.25) is 0 Å². The molecule has 300 valence electrons. The van der Waals surface area contributed by atoms with E-state index in [1.165, 1.54) is 74.5 Å². The van der Waals surface area contributed by atoms with Crippen LogP contribution in [0.15, 0.2) is 210 Å². The predicted octanol–water partition coefficient (Wildman–Crippen LogP) is 16.7. The molecule has 63 heavy (non-hydrogen) atoms. The van der Waals surface area contributed by atoms with E-state index in [9.17, 15) is 4.39 Å². The van der Waals surface area contributed by atoms with E-state index in [4.69, 9.17) is 0 Å². The van der Waals surface area contributed by atoms with Gasteiger partial charge in [0.15, 0.2) is 0 Å². The summed E-state index contributed by atoms with van der Waals surface area (Å²) in [5.41, 5.74) is 17.3. The minimum Gasteiger partial charge on any atom is -0.309 e. The Morgan fingerprint density at radius 3 is 1.87 bits per heavy atom. The molecule has 1 nitrogen and oxygen atoms in total. The van der Waals surface area contributed by atoms with Gasteiger partial charge in [0.1, 0.15) is 5.82 Å². The summed E-state index contributed by atoms with van der Waals surface area (Å²) < 4.78 is 16.8. The van der Waals surface area contributed by atoms with Gasteiger partial charge in [0.05, 0.1) is 15.8 Å². The molecule has 0 unspecified atom stereocenters. The van der Waals surface area contributed by atoms with Crippen LogP contribution in [0, 0.1) is 19.7 Å². The van der Waals surface area contributed by atoms with Crippen molar-refractivity contribution in [1.29, 1.82) is 0 Å². The third-order valence-corrected chi connectivity index (χ3v) is 15.3. The Balaban J connectivity index is 1.13. The van der Waals surface area contributed by atoms with Crippen LogP contribution < -0.4 is 4.90 Å². The van der Waals surface area contributed by atoms with E-state index in [2.05, 4.69) is 201 Å². The number of para-hydroxylation sites is 1. The van der Waals surface area contributed by atoms with E-state index in [-0.39, 0.29) is 5.82 Å². The van der Waals surface area contributed by atoms with E-state index >= 15 is 0 Å². The Morgan fingerprint density at radius 2 is 1.14 bits per heavy atom. The fourth-order valence-corrected chi connectivity index (χ4v) is 12.7. The van der Waals surface area contributed by atoms with Gasteiger partial charge in [-0.15, -0.1) is 11.3 Å². The highest BCUT2D eigenvalue weighted by Crippen LogP contribution is 2.63. The van der Waals surface area contributed by atoms with Crippen molar-refractivity contribution >= 4 is 72.0 Å². The third-order valence-electron chi connectivity index (χ3n) is 12.9. The topological polar surface area (TPSA) is 3.24 Å². The lowest BCUT2D eigenvalue weighted by Gasteiger charge is -2.40. The van der Waals surface area contributed by atoms with Crippen molar-refractivity contribution < 1.29 is 4.39 Å². The van der Waals surface area contributed by atoms with Crippen molar-refractivity contribution in [1.82, 2.24) is 0 Å². The fourth-order valence-electron chi connectivity index (χ4n) is 10.1. The summed E-state index contributed by atoms with van der Waals surface area (Å²) in [6.07, 6.45) is 2.30. The second kappa shape index (κ2) is 14.8. The van der Waals surface area contributed by atoms with Gasteiger partial charge in [-0.1, -0.05) is 157 Å². The van der Waals surface area contributed by atoms with Crippen molar-refractivity contribution in [2.45, 2.75) is 29.1 Å². The second-order valence-corrected chi connectivity index (χ2v) is 18.8. The van der Waals surface area contributed by atoms with Gasteiger partial charge in [0.2, 0.25) is 0 Å². The molecule has 2 aliphatic rings. The highest BCUT2D eigenvalue weighted by Gasteiger charge is 2.50. The Labute approximate surface area is 375 Å². The average Bonchev–Trinajstić information content (AvgIpc) is 3.84. The smallest absolute Gasteiger partial charge is 0.123 e. The summed E-state index contributed by atoms with van der Waals surface area (Å²) in [5, 5.41) is 2.43. The number of hydrogen-bond acceptors (Lipinski definition) is 3. The van der Waals surface area contributed by atoms with Gasteiger partial charge in [-0.25, -0.2) is 4.39 Å². The Morgan fingerprint density at radius 1 is 0.524 bits per heavy atom. The molecule has 1 aromatic heterocycles. The number of halogens is 1. The van der Waals surface area contributed by atoms with Gasteiger partial charge in [-0.2, -0.15) is 0 Å². The van der Waals surface area contributed by atoms with Gasteiger partial charge in [-0.05, 0) is 142 Å². The Kier molecular flexibility index (Phi) is 8.89. The molecule has 0 amide bonds. The molecule has 0 atom stereocenters. The Hall–Kier alpha value is -6.98. The van der Waals surface area contributed by atoms with E-state index in [0.29, 0.717) is 0 Å². The molecule has 10 aromatic rings. The molecule has 0 bridgehead atoms. The number of thiophene rings is 1. The minimum absolute atomic E-state index is 0.244. The number of hydrogen-bond donors (Lipinski definition) is 0. The molecular weight excluding hydrogens is 806 g/mol. The minimum atomic E-state index is -0.491. The monoisotopic (exact) mass is 845 g/mol. The molecule has 12 rings (SSSR count). The average molecular weight is 846 g/mol. The number of nitrogens with zero attached hydrogens (tertiary/aromatic N) is 1. The standard InChI is InChI=1S/C59H40FNS2/c1-37-20-23-39(24-21-37)48(40-25-28-42(60)29-26-40)35-41-27-33-53(58-57(41)47-31-22-38(2)34-56(47)63-58)61(43-12-4-3-5-13-43)44-30-32-46-45-14-6-7-15-49(45)59(52(46)36-44)50-16-8-10-18-54(50)62-55-19-11-9-17-51(55)59/h3-36H,1-2H3/b48-35+. The molecule has 0 N–H and O–H groups in total. The fraction of sp³-hybridized carbons (Fsp3) is 0.0508. The largest absolute Gasteiger partial charge is 0.309 e. The van der Waals surface area contributed by atoms with Crippen LogP contribution in [0.1, 0.15) is 50.1 Å². The van der Waals surface area contributed by atoms with Crippen LogP contribution in [0.4, 0.5) is 21.5 Å². The zero-order valence-corrected chi connectivity index (χ0v) is 36.4. The maximum absolute atomic E-state index is 14.4. The summed E-state index contributed by atoms with van der Waals surface area (Å²) >= 11 is 3.73. The molecule has 1 aliphatic carbocycles. The first-order chi connectivity index (χ1) is 31.0. The molecule has 9 aromatic carbocycles. The number of rotatable bonds is 6. The molecule has 4 heteroatoms. The zero-order chi connectivity index (χ0) is 42.2. The van der Waals surface area contributed by atoms with Crippen LogP contribution in [-0.4, -0.2) is 0 Å². The van der Waals surface area contributed by atoms with Gasteiger partial charge >= 0.3 is 0 Å². The highest BCUT2D eigenvalue weighted by atomic mass is 32.2. The quantitative estimate of drug-likeness (QED) is 0.153. The summed E-state index contributed by atoms with van der Waals surface area (Å²) in [5.74, 6) is -0.244. The van der Waals surface area contributed by atoms with Crippen LogP contribution in [0.25, 0.3) is 42.9 Å². The van der Waals surface area contributed by atoms with Gasteiger partial charge < -0.3 is 4.90 Å². The molecule has 0 saturated carbocycles. The van der Waals surface area contributed by atoms with Crippen molar-refractivity contribution in [3.05, 3.63) is 256 Å². The zero-order valence-electron chi connectivity index (χ0n) is 34.8. The van der Waals surface area contributed by atoms with E-state index < -0.39 is 5.41 Å². The second-order valence-electron chi connectivity index (χ2n) is 16.7. The lowest BCUT2D eigenvalue weighted by Crippen LogP contribution is -2.32. The normalized spacial score (nSPS) is 13.5. The third kappa shape index (κ3) is 5.97. The lowest BCUT2D eigenvalue weighted by atomic mass is 9.67. The Bertz CT molecular complexity index is 3360. The molecular formula is C59H40FNS2. The van der Waals surface area contributed by atoms with Crippen molar-refractivity contribution in [2.24, 2.45) is 0 Å². The SMILES string of the molecule is Cc1ccc(/C(=C\c2ccc(N(c3ccccc3)c3ccc4c(c3)C3(c5ccccc5Sc5ccccc53)c3ccccc3-4)c3sc4cc(C)ccc4c23)c2ccc(F)cc2)cc1. The van der Waals surface area contributed by atoms with Gasteiger partial charge in [0.25, 0.3) is 0 Å². The van der Waals surface area contributed by atoms with Crippen molar-refractivity contribution in [3.63, 3.8) is 0 Å². The predicted molar refractivity (Wildman–Crippen MR) is 265 cm³/mol. The van der Waals surface area contributed by atoms with Crippen molar-refractivity contribution in [2.75, 3.05) is 4.90 Å². The molecule has 1 spiro atoms. The van der Waals surface area contributed by atoms with Crippen LogP contribution in [-0.2, 0) is 5.41 Å². The first-order valence-corrected chi connectivity index (χ1v) is 23.1. The van der Waals surface area contributed by atoms with E-state index in [0.717, 1.165) is 39.3 Å². The van der Waals surface area contributed by atoms with Crippen LogP contribution in [0.3, 0.4) is 0 Å². The van der Waals surface area contributed by atoms with E-state index in [1.54, 1.807) is 12.1 Å². The molecule has 2 heterocycles. The number of fused-ring (bicyclic) bond motifs is 12. The molecule has 0 saturated heterocycles. The first kappa shape index (κ1) is 37.8. The lowest BCUT2D eigenvalue weighted by molar-refractivity contribution is 0.627. The summed E-state index contributed by atoms with van der Waals surface area (Å²) in [6.45, 7) is 4.28. The molecule has 0 radical (unpaired) electrons. The van der Waals surface area contributed by atoms with Crippen molar-refractivity contribution in [3.8, 4) is 11.1 Å². The maximum Gasteiger partial charge on any atom is 0.123 e. The van der Waals surface area contributed by atoms with Crippen LogP contribution in [0.2, 0.25) is 0 Å². The number of aryl methyl sites for hydroxylation is 2. The van der Waals surface area contributed by atoms with Crippen LogP contribution >= 0.6 is 23.1 Å². The number of anilines is 3. The van der Waals surface area contributed by atoms with Gasteiger partial charge in [0, 0.05) is 36.6 Å². The van der Waals surface area contributed by atoms with E-state index in [1.807, 2.05) is 35.2 Å². The number of benzene rings is 9. The van der Waals surface area contributed by atoms with Crippen LogP contribution in [0.5, 0.6) is 0 Å². The summed E-state index contributed by atoms with van der Waals surface area (Å²) in [7, 11) is 0. The first-order valence-electron chi connectivity index (χ1n) is 21.4. The summed E-state index contributed by atoms with van der Waals surface area (Å²) in [6, 6.07) is 71.9. The maximum atomic E-state index is 14.4. The highest BCUT2D eigenvalue weighted by molar-refractivity contribution is 7.99.